The van der Waals surface area contributed by atoms with Crippen molar-refractivity contribution < 1.29 is 4.52 Å². The number of benzene rings is 2. The van der Waals surface area contributed by atoms with Crippen molar-refractivity contribution in [3.63, 3.8) is 0 Å². The molecule has 0 aliphatic rings. The predicted molar refractivity (Wildman–Crippen MR) is 131 cm³/mol. The highest BCUT2D eigenvalue weighted by Gasteiger charge is 2.18. The van der Waals surface area contributed by atoms with Crippen molar-refractivity contribution >= 4 is 28.0 Å². The van der Waals surface area contributed by atoms with E-state index in [4.69, 9.17) is 9.51 Å². The fourth-order valence-electron chi connectivity index (χ4n) is 3.94. The van der Waals surface area contributed by atoms with Crippen molar-refractivity contribution in [2.24, 2.45) is 0 Å². The Morgan fingerprint density at radius 1 is 1.06 bits per heavy atom. The first-order chi connectivity index (χ1) is 14.9. The Kier molecular flexibility index (Phi) is 6.15. The molecule has 0 spiro atoms. The zero-order chi connectivity index (χ0) is 22.1. The van der Waals surface area contributed by atoms with Gasteiger partial charge in [-0.05, 0) is 51.2 Å². The minimum Gasteiger partial charge on any atom is -0.375 e. The van der Waals surface area contributed by atoms with Crippen LogP contribution in [0.15, 0.2) is 40.9 Å². The topological polar surface area (TPSA) is 42.2 Å². The molecule has 31 heavy (non-hydrogen) atoms. The largest absolute Gasteiger partial charge is 0.375 e. The highest BCUT2D eigenvalue weighted by molar-refractivity contribution is 7.15. The molecule has 162 valence electrons. The van der Waals surface area contributed by atoms with Crippen LogP contribution in [0.1, 0.15) is 54.1 Å². The van der Waals surface area contributed by atoms with E-state index >= 15 is 0 Å². The lowest BCUT2D eigenvalue weighted by molar-refractivity contribution is 0.446. The summed E-state index contributed by atoms with van der Waals surface area (Å²) in [6.07, 6.45) is 1.78. The molecule has 2 aromatic heterocycles. The van der Waals surface area contributed by atoms with Crippen molar-refractivity contribution in [2.75, 3.05) is 18.5 Å². The Bertz CT molecular complexity index is 1190. The molecule has 0 aliphatic carbocycles. The van der Waals surface area contributed by atoms with Crippen LogP contribution in [0.5, 0.6) is 0 Å². The van der Waals surface area contributed by atoms with Gasteiger partial charge in [0.25, 0.3) is 0 Å². The number of rotatable bonds is 7. The first-order valence-electron chi connectivity index (χ1n) is 11.0. The van der Waals surface area contributed by atoms with Gasteiger partial charge in [-0.2, -0.15) is 0 Å². The van der Waals surface area contributed by atoms with Gasteiger partial charge in [-0.15, -0.1) is 11.3 Å². The molecule has 0 saturated carbocycles. The van der Waals surface area contributed by atoms with E-state index in [-0.39, 0.29) is 0 Å². The van der Waals surface area contributed by atoms with E-state index in [1.165, 1.54) is 32.9 Å². The molecule has 0 atom stereocenters. The number of aryl methyl sites for hydroxylation is 4. The second kappa shape index (κ2) is 8.83. The van der Waals surface area contributed by atoms with Gasteiger partial charge in [0.2, 0.25) is 0 Å². The molecule has 4 nitrogen and oxygen atoms in total. The average Bonchev–Trinajstić information content (AvgIpc) is 3.35. The summed E-state index contributed by atoms with van der Waals surface area (Å²) in [7, 11) is 2.11. The summed E-state index contributed by atoms with van der Waals surface area (Å²) >= 11 is 1.81. The Balaban J connectivity index is 1.61. The van der Waals surface area contributed by atoms with Gasteiger partial charge in [-0.3, -0.25) is 0 Å². The van der Waals surface area contributed by atoms with Crippen molar-refractivity contribution in [1.29, 1.82) is 0 Å². The SMILES string of the molecule is CCN(C)c1cc2onc(CCc3sc(-c4ccc(C)cc4)nc3C(C)C)c2cc1C. The number of aromatic nitrogens is 2. The van der Waals surface area contributed by atoms with E-state index in [1.807, 2.05) is 11.3 Å². The highest BCUT2D eigenvalue weighted by atomic mass is 32.1. The van der Waals surface area contributed by atoms with E-state index < -0.39 is 0 Å². The summed E-state index contributed by atoms with van der Waals surface area (Å²) in [4.78, 5) is 8.58. The molecule has 0 saturated heterocycles. The van der Waals surface area contributed by atoms with E-state index in [2.05, 4.69) is 88.1 Å². The van der Waals surface area contributed by atoms with Crippen LogP contribution in [0.4, 0.5) is 5.69 Å². The van der Waals surface area contributed by atoms with Crippen molar-refractivity contribution in [2.45, 2.75) is 53.4 Å². The molecule has 0 bridgehead atoms. The second-order valence-electron chi connectivity index (χ2n) is 8.63. The number of thiazole rings is 1. The summed E-state index contributed by atoms with van der Waals surface area (Å²) in [5, 5.41) is 6.65. The molecule has 0 aliphatic heterocycles. The Labute approximate surface area is 188 Å². The van der Waals surface area contributed by atoms with Gasteiger partial charge in [0, 0.05) is 41.2 Å². The average molecular weight is 434 g/mol. The van der Waals surface area contributed by atoms with Crippen LogP contribution < -0.4 is 4.90 Å². The minimum absolute atomic E-state index is 0.397. The Morgan fingerprint density at radius 2 is 1.81 bits per heavy atom. The smallest absolute Gasteiger partial charge is 0.169 e. The summed E-state index contributed by atoms with van der Waals surface area (Å²) in [6.45, 7) is 11.8. The van der Waals surface area contributed by atoms with Gasteiger partial charge in [0.15, 0.2) is 5.58 Å². The van der Waals surface area contributed by atoms with Crippen molar-refractivity contribution in [3.05, 3.63) is 63.8 Å². The van der Waals surface area contributed by atoms with Crippen LogP contribution in [0.2, 0.25) is 0 Å². The monoisotopic (exact) mass is 433 g/mol. The first kappa shape index (κ1) is 21.6. The zero-order valence-electron chi connectivity index (χ0n) is 19.3. The van der Waals surface area contributed by atoms with Crippen LogP contribution in [0, 0.1) is 13.8 Å². The van der Waals surface area contributed by atoms with Crippen LogP contribution in [0.3, 0.4) is 0 Å². The molecule has 2 aromatic carbocycles. The molecule has 5 heteroatoms. The fraction of sp³-hybridized carbons (Fsp3) is 0.385. The summed E-state index contributed by atoms with van der Waals surface area (Å²) in [5.41, 5.74) is 8.02. The van der Waals surface area contributed by atoms with Crippen LogP contribution in [-0.4, -0.2) is 23.7 Å². The molecule has 0 amide bonds. The third kappa shape index (κ3) is 4.38. The Morgan fingerprint density at radius 3 is 2.48 bits per heavy atom. The first-order valence-corrected chi connectivity index (χ1v) is 11.9. The lowest BCUT2D eigenvalue weighted by Gasteiger charge is -2.19. The standard InChI is InChI=1S/C26H31N3OS/c1-7-29(6)22-15-23-20(14-18(22)5)21(28-30-23)12-13-24-25(16(2)3)27-26(31-24)19-10-8-17(4)9-11-19/h8-11,14-16H,7,12-13H2,1-6H3. The zero-order valence-corrected chi connectivity index (χ0v) is 20.1. The maximum atomic E-state index is 5.70. The fourth-order valence-corrected chi connectivity index (χ4v) is 5.16. The number of anilines is 1. The van der Waals surface area contributed by atoms with E-state index in [0.29, 0.717) is 5.92 Å². The Hall–Kier alpha value is -2.66. The third-order valence-electron chi connectivity index (χ3n) is 5.91. The van der Waals surface area contributed by atoms with Gasteiger partial charge in [-0.1, -0.05) is 48.8 Å². The van der Waals surface area contributed by atoms with Crippen molar-refractivity contribution in [3.8, 4) is 10.6 Å². The molecule has 0 fully saturated rings. The molecule has 4 rings (SSSR count). The molecule has 4 aromatic rings. The summed E-state index contributed by atoms with van der Waals surface area (Å²) < 4.78 is 5.70. The quantitative estimate of drug-likeness (QED) is 0.317. The number of fused-ring (bicyclic) bond motifs is 1. The predicted octanol–water partition coefficient (Wildman–Crippen LogP) is 6.93. The molecule has 0 unspecified atom stereocenters. The van der Waals surface area contributed by atoms with Crippen molar-refractivity contribution in [1.82, 2.24) is 10.1 Å². The minimum atomic E-state index is 0.397. The summed E-state index contributed by atoms with van der Waals surface area (Å²) in [6, 6.07) is 13.0. The van der Waals surface area contributed by atoms with E-state index in [9.17, 15) is 0 Å². The third-order valence-corrected chi connectivity index (χ3v) is 7.09. The number of hydrogen-bond donors (Lipinski definition) is 0. The van der Waals surface area contributed by atoms with E-state index in [0.717, 1.165) is 41.1 Å². The van der Waals surface area contributed by atoms with Gasteiger partial charge in [0.05, 0.1) is 11.4 Å². The molecular weight excluding hydrogens is 402 g/mol. The number of hydrogen-bond acceptors (Lipinski definition) is 5. The number of nitrogens with zero attached hydrogens (tertiary/aromatic N) is 3. The van der Waals surface area contributed by atoms with Crippen LogP contribution >= 0.6 is 11.3 Å². The van der Waals surface area contributed by atoms with Crippen LogP contribution in [0.25, 0.3) is 21.5 Å². The molecule has 0 radical (unpaired) electrons. The molecular formula is C26H31N3OS. The molecule has 0 N–H and O–H groups in total. The maximum absolute atomic E-state index is 5.70. The highest BCUT2D eigenvalue weighted by Crippen LogP contribution is 2.34. The van der Waals surface area contributed by atoms with Gasteiger partial charge in [0.1, 0.15) is 5.01 Å². The normalized spacial score (nSPS) is 11.6. The van der Waals surface area contributed by atoms with Gasteiger partial charge < -0.3 is 9.42 Å². The lowest BCUT2D eigenvalue weighted by atomic mass is 10.0. The van der Waals surface area contributed by atoms with E-state index in [1.54, 1.807) is 0 Å². The molecule has 2 heterocycles. The maximum Gasteiger partial charge on any atom is 0.169 e. The summed E-state index contributed by atoms with van der Waals surface area (Å²) in [5.74, 6) is 0.397. The second-order valence-corrected chi connectivity index (χ2v) is 9.71. The van der Waals surface area contributed by atoms with Crippen LogP contribution in [-0.2, 0) is 12.8 Å². The van der Waals surface area contributed by atoms with Gasteiger partial charge >= 0.3 is 0 Å². The lowest BCUT2D eigenvalue weighted by Crippen LogP contribution is -2.16. The van der Waals surface area contributed by atoms with Gasteiger partial charge in [-0.25, -0.2) is 4.98 Å².